The fourth-order valence-corrected chi connectivity index (χ4v) is 0.551. The molecule has 48 valence electrons. The summed E-state index contributed by atoms with van der Waals surface area (Å²) < 4.78 is 1.51. The van der Waals surface area contributed by atoms with Crippen LogP contribution in [-0.4, -0.2) is 16.7 Å². The van der Waals surface area contributed by atoms with Crippen molar-refractivity contribution in [3.05, 3.63) is 24.1 Å². The van der Waals surface area contributed by atoms with Crippen molar-refractivity contribution in [2.45, 2.75) is 0 Å². The molecule has 0 unspecified atom stereocenters. The van der Waals surface area contributed by atoms with Gasteiger partial charge in [0.15, 0.2) is 0 Å². The Bertz CT molecular complexity index is 239. The quantitative estimate of drug-likeness (QED) is 0.532. The lowest BCUT2D eigenvalue weighted by molar-refractivity contribution is 0.774. The Balaban J connectivity index is 3.16. The lowest BCUT2D eigenvalue weighted by Crippen LogP contribution is -2.27. The SMILES string of the molecule is CNn1cccnc1=N. The van der Waals surface area contributed by atoms with E-state index in [4.69, 9.17) is 5.41 Å². The average Bonchev–Trinajstić information content (AvgIpc) is 1.89. The van der Waals surface area contributed by atoms with Crippen molar-refractivity contribution < 1.29 is 0 Å². The number of hydrogen-bond acceptors (Lipinski definition) is 3. The van der Waals surface area contributed by atoms with Crippen LogP contribution in [0, 0.1) is 5.41 Å². The molecule has 0 radical (unpaired) electrons. The average molecular weight is 124 g/mol. The van der Waals surface area contributed by atoms with E-state index >= 15 is 0 Å². The highest BCUT2D eigenvalue weighted by Gasteiger charge is 1.81. The van der Waals surface area contributed by atoms with Gasteiger partial charge in [0.25, 0.3) is 0 Å². The topological polar surface area (TPSA) is 53.7 Å². The van der Waals surface area contributed by atoms with Crippen LogP contribution < -0.4 is 11.0 Å². The molecule has 1 rings (SSSR count). The van der Waals surface area contributed by atoms with Crippen molar-refractivity contribution in [2.24, 2.45) is 0 Å². The van der Waals surface area contributed by atoms with Crippen LogP contribution in [0.15, 0.2) is 18.5 Å². The Morgan fingerprint density at radius 2 is 2.56 bits per heavy atom. The second-order valence-electron chi connectivity index (χ2n) is 1.54. The summed E-state index contributed by atoms with van der Waals surface area (Å²) in [4.78, 5) is 3.72. The molecule has 0 spiro atoms. The standard InChI is InChI=1S/C5H8N4/c1-7-9-4-2-3-8-5(9)6/h2-4,6-7H,1H3. The molecule has 4 heteroatoms. The van der Waals surface area contributed by atoms with Crippen molar-refractivity contribution in [1.82, 2.24) is 9.66 Å². The molecular weight excluding hydrogens is 116 g/mol. The summed E-state index contributed by atoms with van der Waals surface area (Å²) in [5.41, 5.74) is 2.97. The van der Waals surface area contributed by atoms with Gasteiger partial charge < -0.3 is 5.43 Å². The zero-order chi connectivity index (χ0) is 6.69. The van der Waals surface area contributed by atoms with Gasteiger partial charge in [-0.2, -0.15) is 0 Å². The molecule has 1 aromatic heterocycles. The van der Waals surface area contributed by atoms with E-state index in [1.807, 2.05) is 0 Å². The molecule has 0 saturated carbocycles. The highest BCUT2D eigenvalue weighted by molar-refractivity contribution is 4.81. The molecular formula is C5H8N4. The van der Waals surface area contributed by atoms with Crippen LogP contribution in [0.3, 0.4) is 0 Å². The highest BCUT2D eigenvalue weighted by atomic mass is 15.4. The van der Waals surface area contributed by atoms with Gasteiger partial charge in [-0.05, 0) is 6.07 Å². The predicted octanol–water partition coefficient (Wildman–Crippen LogP) is -0.464. The molecule has 0 aliphatic carbocycles. The van der Waals surface area contributed by atoms with Crippen LogP contribution in [0.4, 0.5) is 0 Å². The number of aromatic nitrogens is 2. The molecule has 0 aliphatic heterocycles. The number of rotatable bonds is 1. The van der Waals surface area contributed by atoms with Crippen LogP contribution >= 0.6 is 0 Å². The fraction of sp³-hybridized carbons (Fsp3) is 0.200. The van der Waals surface area contributed by atoms with Gasteiger partial charge in [0.2, 0.25) is 5.62 Å². The van der Waals surface area contributed by atoms with Gasteiger partial charge in [-0.25, -0.2) is 9.66 Å². The van der Waals surface area contributed by atoms with Crippen molar-refractivity contribution in [3.63, 3.8) is 0 Å². The maximum atomic E-state index is 7.16. The summed E-state index contributed by atoms with van der Waals surface area (Å²) in [5, 5.41) is 7.16. The minimum atomic E-state index is 0.208. The largest absolute Gasteiger partial charge is 0.326 e. The van der Waals surface area contributed by atoms with Crippen molar-refractivity contribution in [2.75, 3.05) is 12.5 Å². The van der Waals surface area contributed by atoms with Crippen LogP contribution in [0.5, 0.6) is 0 Å². The van der Waals surface area contributed by atoms with E-state index < -0.39 is 0 Å². The summed E-state index contributed by atoms with van der Waals surface area (Å²) in [7, 11) is 1.74. The molecule has 1 aromatic rings. The number of hydrogen-bond donors (Lipinski definition) is 2. The van der Waals surface area contributed by atoms with Gasteiger partial charge in [-0.1, -0.05) is 0 Å². The molecule has 0 amide bonds. The highest BCUT2D eigenvalue weighted by Crippen LogP contribution is 1.69. The molecule has 0 aromatic carbocycles. The van der Waals surface area contributed by atoms with E-state index in [2.05, 4.69) is 10.4 Å². The monoisotopic (exact) mass is 124 g/mol. The zero-order valence-electron chi connectivity index (χ0n) is 5.13. The Hall–Kier alpha value is -1.32. The maximum Gasteiger partial charge on any atom is 0.240 e. The number of nitrogens with zero attached hydrogens (tertiary/aromatic N) is 2. The minimum absolute atomic E-state index is 0.208. The van der Waals surface area contributed by atoms with E-state index in [0.717, 1.165) is 0 Å². The predicted molar refractivity (Wildman–Crippen MR) is 33.4 cm³/mol. The Morgan fingerprint density at radius 1 is 1.78 bits per heavy atom. The first-order chi connectivity index (χ1) is 4.34. The summed E-state index contributed by atoms with van der Waals surface area (Å²) >= 11 is 0. The third-order valence-electron chi connectivity index (χ3n) is 0.987. The van der Waals surface area contributed by atoms with Crippen LogP contribution in [-0.2, 0) is 0 Å². The molecule has 1 heterocycles. The van der Waals surface area contributed by atoms with E-state index in [0.29, 0.717) is 0 Å². The van der Waals surface area contributed by atoms with E-state index in [1.165, 1.54) is 4.68 Å². The first kappa shape index (κ1) is 5.81. The molecule has 0 bridgehead atoms. The summed E-state index contributed by atoms with van der Waals surface area (Å²) in [6.07, 6.45) is 3.31. The third-order valence-corrected chi connectivity index (χ3v) is 0.987. The first-order valence-electron chi connectivity index (χ1n) is 2.60. The van der Waals surface area contributed by atoms with E-state index in [-0.39, 0.29) is 5.62 Å². The molecule has 2 N–H and O–H groups in total. The zero-order valence-corrected chi connectivity index (χ0v) is 5.13. The van der Waals surface area contributed by atoms with Gasteiger partial charge in [0.1, 0.15) is 0 Å². The second kappa shape index (κ2) is 2.30. The fourth-order valence-electron chi connectivity index (χ4n) is 0.551. The van der Waals surface area contributed by atoms with Crippen LogP contribution in [0.1, 0.15) is 0 Å². The molecule has 0 aliphatic rings. The van der Waals surface area contributed by atoms with Crippen LogP contribution in [0.25, 0.3) is 0 Å². The molecule has 0 atom stereocenters. The third kappa shape index (κ3) is 1.07. The molecule has 4 nitrogen and oxygen atoms in total. The minimum Gasteiger partial charge on any atom is -0.326 e. The van der Waals surface area contributed by atoms with Crippen molar-refractivity contribution in [3.8, 4) is 0 Å². The Morgan fingerprint density at radius 3 is 3.00 bits per heavy atom. The molecule has 0 fully saturated rings. The Kier molecular flexibility index (Phi) is 1.48. The van der Waals surface area contributed by atoms with Crippen molar-refractivity contribution in [1.29, 1.82) is 5.41 Å². The van der Waals surface area contributed by atoms with E-state index in [9.17, 15) is 0 Å². The van der Waals surface area contributed by atoms with Crippen molar-refractivity contribution >= 4 is 0 Å². The smallest absolute Gasteiger partial charge is 0.240 e. The first-order valence-corrected chi connectivity index (χ1v) is 2.60. The van der Waals surface area contributed by atoms with Gasteiger partial charge in [0.05, 0.1) is 0 Å². The van der Waals surface area contributed by atoms with E-state index in [1.54, 1.807) is 25.5 Å². The normalized spacial score (nSPS) is 9.00. The second-order valence-corrected chi connectivity index (χ2v) is 1.54. The molecule has 0 saturated heterocycles. The summed E-state index contributed by atoms with van der Waals surface area (Å²) in [6.45, 7) is 0. The summed E-state index contributed by atoms with van der Waals surface area (Å²) in [6, 6.07) is 1.76. The number of nitrogens with one attached hydrogen (secondary N) is 2. The van der Waals surface area contributed by atoms with Gasteiger partial charge in [0, 0.05) is 19.4 Å². The Labute approximate surface area is 52.7 Å². The van der Waals surface area contributed by atoms with Gasteiger partial charge >= 0.3 is 0 Å². The van der Waals surface area contributed by atoms with Crippen LogP contribution in [0.2, 0.25) is 0 Å². The molecule has 9 heavy (non-hydrogen) atoms. The lowest BCUT2D eigenvalue weighted by atomic mass is 10.7. The maximum absolute atomic E-state index is 7.16. The summed E-state index contributed by atoms with van der Waals surface area (Å²) in [5.74, 6) is 0. The van der Waals surface area contributed by atoms with Gasteiger partial charge in [-0.3, -0.25) is 5.41 Å². The lowest BCUT2D eigenvalue weighted by Gasteiger charge is -2.00. The van der Waals surface area contributed by atoms with Gasteiger partial charge in [-0.15, -0.1) is 0 Å².